The maximum atomic E-state index is 11.9. The van der Waals surface area contributed by atoms with Crippen LogP contribution in [0, 0.1) is 0 Å². The van der Waals surface area contributed by atoms with Crippen molar-refractivity contribution in [2.24, 2.45) is 0 Å². The smallest absolute Gasteiger partial charge is 0.292 e. The highest BCUT2D eigenvalue weighted by Gasteiger charge is 2.24. The van der Waals surface area contributed by atoms with E-state index in [2.05, 4.69) is 11.9 Å². The number of fused-ring (bicyclic) bond motifs is 1. The Morgan fingerprint density at radius 3 is 3.12 bits per heavy atom. The molecular weight excluding hydrogens is 218 g/mol. The molecule has 0 atom stereocenters. The Balaban J connectivity index is 1.90. The zero-order valence-corrected chi connectivity index (χ0v) is 10.2. The molecule has 2 rings (SSSR count). The Morgan fingerprint density at radius 2 is 2.35 bits per heavy atom. The molecule has 0 spiro atoms. The number of carbonyl (C=O) groups is 1. The monoisotopic (exact) mass is 237 g/mol. The fraction of sp³-hybridized carbons (Fsp3) is 0.667. The van der Waals surface area contributed by atoms with Crippen molar-refractivity contribution in [3.05, 3.63) is 11.5 Å². The van der Waals surface area contributed by atoms with Gasteiger partial charge in [0.2, 0.25) is 5.91 Å². The van der Waals surface area contributed by atoms with Crippen molar-refractivity contribution in [1.29, 1.82) is 0 Å². The number of oxazole rings is 1. The highest BCUT2D eigenvalue weighted by Crippen LogP contribution is 2.21. The minimum absolute atomic E-state index is 0.204. The van der Waals surface area contributed by atoms with Crippen LogP contribution in [0.2, 0.25) is 0 Å². The highest BCUT2D eigenvalue weighted by molar-refractivity contribution is 5.76. The molecular formula is C12H19N3O2. The summed E-state index contributed by atoms with van der Waals surface area (Å²) in [4.78, 5) is 17.9. The predicted molar refractivity (Wildman–Crippen MR) is 64.2 cm³/mol. The quantitative estimate of drug-likeness (QED) is 0.809. The van der Waals surface area contributed by atoms with E-state index in [9.17, 15) is 4.79 Å². The molecule has 2 N–H and O–H groups in total. The zero-order valence-electron chi connectivity index (χ0n) is 10.2. The van der Waals surface area contributed by atoms with E-state index in [1.165, 1.54) is 0 Å². The van der Waals surface area contributed by atoms with Gasteiger partial charge in [0.1, 0.15) is 11.5 Å². The average Bonchev–Trinajstić information content (AvgIpc) is 2.68. The van der Waals surface area contributed by atoms with Crippen molar-refractivity contribution in [2.75, 3.05) is 12.3 Å². The normalized spacial score (nSPS) is 14.8. The van der Waals surface area contributed by atoms with Crippen molar-refractivity contribution in [2.45, 2.75) is 45.6 Å². The van der Waals surface area contributed by atoms with E-state index in [1.54, 1.807) is 0 Å². The largest absolute Gasteiger partial charge is 0.428 e. The summed E-state index contributed by atoms with van der Waals surface area (Å²) in [6, 6.07) is 0.204. The summed E-state index contributed by atoms with van der Waals surface area (Å²) in [5, 5.41) is 0. The van der Waals surface area contributed by atoms with Gasteiger partial charge in [-0.3, -0.25) is 4.79 Å². The van der Waals surface area contributed by atoms with Crippen molar-refractivity contribution in [3.63, 3.8) is 0 Å². The molecule has 0 bridgehead atoms. The van der Waals surface area contributed by atoms with E-state index >= 15 is 0 Å². The second-order valence-electron chi connectivity index (χ2n) is 4.44. The summed E-state index contributed by atoms with van der Waals surface area (Å²) < 4.78 is 5.26. The van der Waals surface area contributed by atoms with E-state index < -0.39 is 0 Å². The number of anilines is 1. The minimum atomic E-state index is 0.204. The van der Waals surface area contributed by atoms with Crippen molar-refractivity contribution < 1.29 is 9.21 Å². The number of carbonyl (C=O) groups excluding carboxylic acids is 1. The number of rotatable bonds is 4. The van der Waals surface area contributed by atoms with Crippen LogP contribution in [-0.2, 0) is 17.8 Å². The van der Waals surface area contributed by atoms with Crippen LogP contribution < -0.4 is 5.73 Å². The molecule has 94 valence electrons. The van der Waals surface area contributed by atoms with E-state index in [4.69, 9.17) is 10.2 Å². The van der Waals surface area contributed by atoms with Gasteiger partial charge in [-0.1, -0.05) is 19.8 Å². The molecule has 0 aliphatic carbocycles. The van der Waals surface area contributed by atoms with Gasteiger partial charge in [-0.2, -0.15) is 4.98 Å². The first kappa shape index (κ1) is 12.0. The molecule has 0 aromatic carbocycles. The number of amides is 1. The van der Waals surface area contributed by atoms with Crippen LogP contribution in [-0.4, -0.2) is 22.3 Å². The van der Waals surface area contributed by atoms with Gasteiger partial charge in [0.15, 0.2) is 0 Å². The summed E-state index contributed by atoms with van der Waals surface area (Å²) in [5.41, 5.74) is 6.31. The van der Waals surface area contributed by atoms with Crippen LogP contribution in [0.3, 0.4) is 0 Å². The lowest BCUT2D eigenvalue weighted by Gasteiger charge is -2.25. The molecule has 0 unspecified atom stereocenters. The van der Waals surface area contributed by atoms with Gasteiger partial charge in [-0.25, -0.2) is 0 Å². The molecule has 1 aromatic heterocycles. The van der Waals surface area contributed by atoms with Crippen LogP contribution in [0.5, 0.6) is 0 Å². The van der Waals surface area contributed by atoms with E-state index in [1.807, 2.05) is 4.90 Å². The molecule has 0 saturated carbocycles. The first-order valence-corrected chi connectivity index (χ1v) is 6.22. The number of aromatic nitrogens is 1. The van der Waals surface area contributed by atoms with Crippen LogP contribution in [0.1, 0.15) is 44.1 Å². The number of nitrogens with zero attached hydrogens (tertiary/aromatic N) is 2. The van der Waals surface area contributed by atoms with Crippen molar-refractivity contribution >= 4 is 11.9 Å². The standard InChI is InChI=1S/C12H19N3O2/c1-2-3-4-5-11(16)15-7-6-10-9(8-15)14-12(13)17-10/h2-8H2,1H3,(H2,13,14). The topological polar surface area (TPSA) is 72.4 Å². The zero-order chi connectivity index (χ0) is 12.3. The first-order valence-electron chi connectivity index (χ1n) is 6.22. The summed E-state index contributed by atoms with van der Waals surface area (Å²) in [6.45, 7) is 3.39. The third-order valence-electron chi connectivity index (χ3n) is 3.09. The molecule has 0 radical (unpaired) electrons. The number of nitrogens with two attached hydrogens (primary N) is 1. The van der Waals surface area contributed by atoms with E-state index in [-0.39, 0.29) is 11.9 Å². The van der Waals surface area contributed by atoms with Crippen LogP contribution in [0.15, 0.2) is 4.42 Å². The molecule has 5 heteroatoms. The average molecular weight is 237 g/mol. The van der Waals surface area contributed by atoms with Crippen molar-refractivity contribution in [1.82, 2.24) is 9.88 Å². The molecule has 0 saturated heterocycles. The molecule has 5 nitrogen and oxygen atoms in total. The first-order chi connectivity index (χ1) is 8.20. The van der Waals surface area contributed by atoms with Crippen LogP contribution >= 0.6 is 0 Å². The maximum Gasteiger partial charge on any atom is 0.292 e. The highest BCUT2D eigenvalue weighted by atomic mass is 16.4. The Labute approximate surface area is 101 Å². The molecule has 1 aliphatic heterocycles. The Kier molecular flexibility index (Phi) is 3.66. The van der Waals surface area contributed by atoms with Gasteiger partial charge in [0.05, 0.1) is 6.54 Å². The van der Waals surface area contributed by atoms with Crippen LogP contribution in [0.4, 0.5) is 6.01 Å². The molecule has 1 aromatic rings. The van der Waals surface area contributed by atoms with E-state index in [0.717, 1.165) is 37.1 Å². The van der Waals surface area contributed by atoms with Crippen molar-refractivity contribution in [3.8, 4) is 0 Å². The van der Waals surface area contributed by atoms with Gasteiger partial charge >= 0.3 is 0 Å². The molecule has 0 fully saturated rings. The second kappa shape index (κ2) is 5.21. The van der Waals surface area contributed by atoms with Gasteiger partial charge in [0.25, 0.3) is 6.01 Å². The molecule has 1 aliphatic rings. The third-order valence-corrected chi connectivity index (χ3v) is 3.09. The van der Waals surface area contributed by atoms with E-state index in [0.29, 0.717) is 19.5 Å². The minimum Gasteiger partial charge on any atom is -0.428 e. The predicted octanol–water partition coefficient (Wildman–Crippen LogP) is 1.72. The Morgan fingerprint density at radius 1 is 1.53 bits per heavy atom. The summed E-state index contributed by atoms with van der Waals surface area (Å²) >= 11 is 0. The lowest BCUT2D eigenvalue weighted by molar-refractivity contribution is -0.132. The third kappa shape index (κ3) is 2.78. The fourth-order valence-corrected chi connectivity index (χ4v) is 2.12. The molecule has 2 heterocycles. The number of hydrogen-bond donors (Lipinski definition) is 1. The Bertz CT molecular complexity index is 400. The number of hydrogen-bond acceptors (Lipinski definition) is 4. The molecule has 17 heavy (non-hydrogen) atoms. The molecule has 1 amide bonds. The summed E-state index contributed by atoms with van der Waals surface area (Å²) in [7, 11) is 0. The lowest BCUT2D eigenvalue weighted by Crippen LogP contribution is -2.35. The fourth-order valence-electron chi connectivity index (χ4n) is 2.12. The van der Waals surface area contributed by atoms with Gasteiger partial charge in [-0.15, -0.1) is 0 Å². The second-order valence-corrected chi connectivity index (χ2v) is 4.44. The Hall–Kier alpha value is -1.52. The number of nitrogen functional groups attached to an aromatic ring is 1. The lowest BCUT2D eigenvalue weighted by atomic mass is 10.1. The number of unbranched alkanes of at least 4 members (excludes halogenated alkanes) is 2. The SMILES string of the molecule is CCCCCC(=O)N1CCc2oc(N)nc2C1. The summed E-state index contributed by atoms with van der Waals surface area (Å²) in [6.07, 6.45) is 4.58. The van der Waals surface area contributed by atoms with Gasteiger partial charge < -0.3 is 15.1 Å². The maximum absolute atomic E-state index is 11.9. The van der Waals surface area contributed by atoms with Gasteiger partial charge in [0, 0.05) is 19.4 Å². The van der Waals surface area contributed by atoms with Gasteiger partial charge in [-0.05, 0) is 6.42 Å². The summed E-state index contributed by atoms with van der Waals surface area (Å²) in [5.74, 6) is 1.05. The van der Waals surface area contributed by atoms with Crippen LogP contribution in [0.25, 0.3) is 0 Å².